The van der Waals surface area contributed by atoms with E-state index in [1.807, 2.05) is 29.2 Å². The highest BCUT2D eigenvalue weighted by Gasteiger charge is 2.30. The summed E-state index contributed by atoms with van der Waals surface area (Å²) < 4.78 is 5.19. The van der Waals surface area contributed by atoms with E-state index in [2.05, 4.69) is 11.0 Å². The maximum Gasteiger partial charge on any atom is 0.225 e. The third-order valence-electron chi connectivity index (χ3n) is 5.50. The molecule has 5 nitrogen and oxygen atoms in total. The molecule has 2 aliphatic rings. The topological polar surface area (TPSA) is 56.6 Å². The van der Waals surface area contributed by atoms with E-state index in [1.165, 1.54) is 19.3 Å². The van der Waals surface area contributed by atoms with Gasteiger partial charge in [-0.15, -0.1) is 0 Å². The first kappa shape index (κ1) is 17.8. The molecule has 1 amide bonds. The number of carbonyl (C=O) groups is 1. The number of hydrogen-bond acceptors (Lipinski definition) is 4. The van der Waals surface area contributed by atoms with Crippen molar-refractivity contribution in [2.24, 2.45) is 5.92 Å². The summed E-state index contributed by atoms with van der Waals surface area (Å²) in [7, 11) is 1.64. The molecule has 1 unspecified atom stereocenters. The molecule has 1 atom stereocenters. The molecule has 1 saturated carbocycles. The van der Waals surface area contributed by atoms with Crippen molar-refractivity contribution < 1.29 is 9.53 Å². The van der Waals surface area contributed by atoms with Crippen LogP contribution in [0.15, 0.2) is 24.3 Å². The first-order chi connectivity index (χ1) is 12.2. The van der Waals surface area contributed by atoms with Gasteiger partial charge in [0.05, 0.1) is 13.2 Å². The van der Waals surface area contributed by atoms with Crippen LogP contribution in [0.2, 0.25) is 0 Å². The fraction of sp³-hybridized carbons (Fsp3) is 0.600. The third kappa shape index (κ3) is 4.13. The van der Waals surface area contributed by atoms with Crippen LogP contribution in [0.1, 0.15) is 43.7 Å². The largest absolute Gasteiger partial charge is 0.497 e. The van der Waals surface area contributed by atoms with Crippen molar-refractivity contribution in [2.75, 3.05) is 33.3 Å². The number of rotatable bonds is 4. The molecule has 0 N–H and O–H groups in total. The van der Waals surface area contributed by atoms with Gasteiger partial charge in [-0.3, -0.25) is 9.69 Å². The lowest BCUT2D eigenvalue weighted by atomic mass is 9.88. The van der Waals surface area contributed by atoms with Gasteiger partial charge in [-0.25, -0.2) is 0 Å². The van der Waals surface area contributed by atoms with Crippen molar-refractivity contribution in [3.05, 3.63) is 29.8 Å². The number of nitrogens with zero attached hydrogens (tertiary/aromatic N) is 3. The molecule has 1 aliphatic heterocycles. The normalized spacial score (nSPS) is 20.7. The number of methoxy groups -OCH3 is 1. The van der Waals surface area contributed by atoms with E-state index in [9.17, 15) is 10.1 Å². The Hall–Kier alpha value is -2.06. The second-order valence-corrected chi connectivity index (χ2v) is 7.00. The predicted octanol–water partition coefficient (Wildman–Crippen LogP) is 2.98. The van der Waals surface area contributed by atoms with E-state index in [1.54, 1.807) is 7.11 Å². The van der Waals surface area contributed by atoms with Crippen molar-refractivity contribution >= 4 is 5.91 Å². The van der Waals surface area contributed by atoms with Crippen molar-refractivity contribution in [3.8, 4) is 11.8 Å². The average Bonchev–Trinajstić information content (AvgIpc) is 2.70. The Morgan fingerprint density at radius 3 is 2.32 bits per heavy atom. The van der Waals surface area contributed by atoms with Gasteiger partial charge in [0.15, 0.2) is 0 Å². The Bertz CT molecular complexity index is 609. The van der Waals surface area contributed by atoms with Gasteiger partial charge in [0, 0.05) is 32.1 Å². The number of benzene rings is 1. The maximum atomic E-state index is 12.7. The first-order valence-electron chi connectivity index (χ1n) is 9.29. The van der Waals surface area contributed by atoms with Crippen LogP contribution < -0.4 is 4.74 Å². The van der Waals surface area contributed by atoms with Gasteiger partial charge in [-0.2, -0.15) is 5.26 Å². The smallest absolute Gasteiger partial charge is 0.225 e. The lowest BCUT2D eigenvalue weighted by Gasteiger charge is -2.38. The molecule has 1 aromatic carbocycles. The number of carbonyl (C=O) groups excluding carboxylic acids is 1. The van der Waals surface area contributed by atoms with Crippen LogP contribution in [-0.4, -0.2) is 49.0 Å². The molecule has 0 radical (unpaired) electrons. The van der Waals surface area contributed by atoms with Gasteiger partial charge >= 0.3 is 0 Å². The Balaban J connectivity index is 1.58. The number of piperazine rings is 1. The molecule has 2 fully saturated rings. The Morgan fingerprint density at radius 2 is 1.76 bits per heavy atom. The zero-order valence-electron chi connectivity index (χ0n) is 15.0. The summed E-state index contributed by atoms with van der Waals surface area (Å²) in [5.41, 5.74) is 0.982. The van der Waals surface area contributed by atoms with Gasteiger partial charge in [-0.1, -0.05) is 31.4 Å². The van der Waals surface area contributed by atoms with Gasteiger partial charge in [0.2, 0.25) is 5.91 Å². The molecular weight excluding hydrogens is 314 g/mol. The minimum Gasteiger partial charge on any atom is -0.497 e. The fourth-order valence-electron chi connectivity index (χ4n) is 3.96. The summed E-state index contributed by atoms with van der Waals surface area (Å²) >= 11 is 0. The molecular formula is C20H27N3O2. The van der Waals surface area contributed by atoms with E-state index < -0.39 is 0 Å². The Morgan fingerprint density at radius 1 is 1.12 bits per heavy atom. The minimum absolute atomic E-state index is 0.230. The van der Waals surface area contributed by atoms with Crippen LogP contribution in [0.25, 0.3) is 0 Å². The number of nitriles is 1. The quantitative estimate of drug-likeness (QED) is 0.845. The van der Waals surface area contributed by atoms with E-state index in [4.69, 9.17) is 4.74 Å². The fourth-order valence-corrected chi connectivity index (χ4v) is 3.96. The molecule has 1 aliphatic carbocycles. The summed E-state index contributed by atoms with van der Waals surface area (Å²) in [6.45, 7) is 2.96. The van der Waals surface area contributed by atoms with Gasteiger partial charge in [0.1, 0.15) is 11.8 Å². The summed E-state index contributed by atoms with van der Waals surface area (Å²) in [6.07, 6.45) is 5.73. The van der Waals surface area contributed by atoms with E-state index in [-0.39, 0.29) is 12.0 Å². The summed E-state index contributed by atoms with van der Waals surface area (Å²) in [5.74, 6) is 1.36. The highest BCUT2D eigenvalue weighted by atomic mass is 16.5. The highest BCUT2D eigenvalue weighted by molar-refractivity contribution is 5.79. The van der Waals surface area contributed by atoms with Gasteiger partial charge in [0.25, 0.3) is 0 Å². The van der Waals surface area contributed by atoms with E-state index >= 15 is 0 Å². The number of ether oxygens (including phenoxy) is 1. The van der Waals surface area contributed by atoms with Crippen LogP contribution in [-0.2, 0) is 4.79 Å². The molecule has 1 aromatic rings. The molecule has 0 aromatic heterocycles. The zero-order valence-corrected chi connectivity index (χ0v) is 15.0. The zero-order chi connectivity index (χ0) is 17.6. The second-order valence-electron chi connectivity index (χ2n) is 7.00. The maximum absolute atomic E-state index is 12.7. The average molecular weight is 341 g/mol. The number of hydrogen-bond donors (Lipinski definition) is 0. The van der Waals surface area contributed by atoms with E-state index in [0.717, 1.165) is 50.3 Å². The van der Waals surface area contributed by atoms with Crippen molar-refractivity contribution in [3.63, 3.8) is 0 Å². The lowest BCUT2D eigenvalue weighted by molar-refractivity contribution is -0.138. The van der Waals surface area contributed by atoms with Crippen molar-refractivity contribution in [2.45, 2.75) is 38.1 Å². The van der Waals surface area contributed by atoms with Crippen LogP contribution in [0.4, 0.5) is 0 Å². The van der Waals surface area contributed by atoms with Crippen LogP contribution in [0.3, 0.4) is 0 Å². The molecule has 0 bridgehead atoms. The molecule has 134 valence electrons. The minimum atomic E-state index is -0.266. The van der Waals surface area contributed by atoms with Crippen LogP contribution >= 0.6 is 0 Å². The third-order valence-corrected chi connectivity index (χ3v) is 5.50. The molecule has 0 spiro atoms. The highest BCUT2D eigenvalue weighted by Crippen LogP contribution is 2.27. The standard InChI is InChI=1S/C20H27N3O2/c1-25-18-9-7-16(8-10-18)19(15-21)22-11-13-23(14-12-22)20(24)17-5-3-2-4-6-17/h7-10,17,19H,2-6,11-14H2,1H3. The molecule has 5 heteroatoms. The molecule has 3 rings (SSSR count). The molecule has 1 saturated heterocycles. The Kier molecular flexibility index (Phi) is 5.93. The lowest BCUT2D eigenvalue weighted by Crippen LogP contribution is -2.51. The summed E-state index contributed by atoms with van der Waals surface area (Å²) in [4.78, 5) is 16.9. The van der Waals surface area contributed by atoms with Crippen molar-refractivity contribution in [1.29, 1.82) is 5.26 Å². The first-order valence-corrected chi connectivity index (χ1v) is 9.29. The van der Waals surface area contributed by atoms with Crippen LogP contribution in [0, 0.1) is 17.2 Å². The second kappa shape index (κ2) is 8.35. The molecule has 1 heterocycles. The van der Waals surface area contributed by atoms with Crippen LogP contribution in [0.5, 0.6) is 5.75 Å². The summed E-state index contributed by atoms with van der Waals surface area (Å²) in [6, 6.07) is 9.83. The molecule has 25 heavy (non-hydrogen) atoms. The van der Waals surface area contributed by atoms with E-state index in [0.29, 0.717) is 5.91 Å². The number of amides is 1. The SMILES string of the molecule is COc1ccc(C(C#N)N2CCN(C(=O)C3CCCCC3)CC2)cc1. The summed E-state index contributed by atoms with van der Waals surface area (Å²) in [5, 5.41) is 9.63. The van der Waals surface area contributed by atoms with Gasteiger partial charge in [-0.05, 0) is 30.5 Å². The van der Waals surface area contributed by atoms with Gasteiger partial charge < -0.3 is 9.64 Å². The Labute approximate surface area is 150 Å². The monoisotopic (exact) mass is 341 g/mol. The van der Waals surface area contributed by atoms with Crippen molar-refractivity contribution in [1.82, 2.24) is 9.80 Å². The predicted molar refractivity (Wildman–Crippen MR) is 96.1 cm³/mol.